The molecule has 3 heteroatoms. The van der Waals surface area contributed by atoms with Gasteiger partial charge < -0.3 is 5.32 Å². The van der Waals surface area contributed by atoms with Crippen LogP contribution in [0.1, 0.15) is 26.2 Å². The van der Waals surface area contributed by atoms with Crippen LogP contribution in [0.15, 0.2) is 12.7 Å². The average Bonchev–Trinajstić information content (AvgIpc) is 2.10. The van der Waals surface area contributed by atoms with Gasteiger partial charge >= 0.3 is 0 Å². The van der Waals surface area contributed by atoms with Crippen molar-refractivity contribution in [3.8, 4) is 0 Å². The summed E-state index contributed by atoms with van der Waals surface area (Å²) in [7, 11) is 0. The Kier molecular flexibility index (Phi) is 6.96. The zero-order chi connectivity index (χ0) is 9.40. The molecule has 1 amide bonds. The van der Waals surface area contributed by atoms with E-state index in [0.717, 1.165) is 12.8 Å². The van der Waals surface area contributed by atoms with E-state index in [1.165, 1.54) is 12.5 Å². The number of carbonyl (C=O) groups is 1. The topological polar surface area (TPSA) is 29.1 Å². The van der Waals surface area contributed by atoms with Gasteiger partial charge in [-0.3, -0.25) is 4.79 Å². The summed E-state index contributed by atoms with van der Waals surface area (Å²) in [5.41, 5.74) is 0. The predicted octanol–water partition coefficient (Wildman–Crippen LogP) is 1.78. The van der Waals surface area contributed by atoms with Crippen molar-refractivity contribution in [1.29, 1.82) is 0 Å². The number of rotatable bonds is 6. The highest BCUT2D eigenvalue weighted by atomic mass is 32.1. The van der Waals surface area contributed by atoms with E-state index >= 15 is 0 Å². The first-order valence-corrected chi connectivity index (χ1v) is 4.80. The fraction of sp³-hybridized carbons (Fsp3) is 0.667. The first-order valence-electron chi connectivity index (χ1n) is 4.29. The number of nitrogens with one attached hydrogen (secondary N) is 1. The molecule has 0 saturated heterocycles. The standard InChI is InChI=1S/C9H17NOS/c1-3-5-6-8(12)7-10-9(11)4-2/h4,8,12H,2-3,5-7H2,1H3,(H,10,11). The lowest BCUT2D eigenvalue weighted by Gasteiger charge is -2.09. The van der Waals surface area contributed by atoms with Crippen molar-refractivity contribution in [2.45, 2.75) is 31.4 Å². The molecular formula is C9H17NOS. The van der Waals surface area contributed by atoms with E-state index in [2.05, 4.69) is 31.4 Å². The lowest BCUT2D eigenvalue weighted by molar-refractivity contribution is -0.116. The van der Waals surface area contributed by atoms with Gasteiger partial charge in [0.25, 0.3) is 0 Å². The van der Waals surface area contributed by atoms with Crippen molar-refractivity contribution in [3.05, 3.63) is 12.7 Å². The van der Waals surface area contributed by atoms with Crippen LogP contribution in [0.2, 0.25) is 0 Å². The Morgan fingerprint density at radius 3 is 2.92 bits per heavy atom. The van der Waals surface area contributed by atoms with Crippen LogP contribution in [0, 0.1) is 0 Å². The van der Waals surface area contributed by atoms with Gasteiger partial charge in [0.15, 0.2) is 0 Å². The molecule has 2 nitrogen and oxygen atoms in total. The highest BCUT2D eigenvalue weighted by Crippen LogP contribution is 2.05. The number of hydrogen-bond acceptors (Lipinski definition) is 2. The normalized spacial score (nSPS) is 12.2. The summed E-state index contributed by atoms with van der Waals surface area (Å²) >= 11 is 4.33. The van der Waals surface area contributed by atoms with Gasteiger partial charge in [-0.1, -0.05) is 26.3 Å². The third-order valence-corrected chi connectivity index (χ3v) is 2.03. The minimum Gasteiger partial charge on any atom is -0.351 e. The molecule has 0 bridgehead atoms. The van der Waals surface area contributed by atoms with Crippen molar-refractivity contribution in [1.82, 2.24) is 5.32 Å². The maximum Gasteiger partial charge on any atom is 0.243 e. The third-order valence-electron chi connectivity index (χ3n) is 1.59. The second-order valence-corrected chi connectivity index (χ2v) is 3.48. The molecule has 0 aromatic heterocycles. The maximum absolute atomic E-state index is 10.7. The van der Waals surface area contributed by atoms with Crippen LogP contribution in [0.4, 0.5) is 0 Å². The lowest BCUT2D eigenvalue weighted by atomic mass is 10.2. The number of amides is 1. The van der Waals surface area contributed by atoms with Crippen molar-refractivity contribution in [2.24, 2.45) is 0 Å². The molecule has 70 valence electrons. The van der Waals surface area contributed by atoms with Crippen molar-refractivity contribution in [3.63, 3.8) is 0 Å². The zero-order valence-electron chi connectivity index (χ0n) is 7.55. The number of thiol groups is 1. The SMILES string of the molecule is C=CC(=O)NCC(S)CCCC. The molecule has 0 rings (SSSR count). The molecule has 0 aliphatic heterocycles. The van der Waals surface area contributed by atoms with Crippen molar-refractivity contribution in [2.75, 3.05) is 6.54 Å². The largest absolute Gasteiger partial charge is 0.351 e. The summed E-state index contributed by atoms with van der Waals surface area (Å²) in [5, 5.41) is 2.98. The van der Waals surface area contributed by atoms with E-state index in [-0.39, 0.29) is 11.2 Å². The van der Waals surface area contributed by atoms with Gasteiger partial charge in [0, 0.05) is 11.8 Å². The molecule has 1 atom stereocenters. The average molecular weight is 187 g/mol. The van der Waals surface area contributed by atoms with E-state index < -0.39 is 0 Å². The van der Waals surface area contributed by atoms with Gasteiger partial charge in [-0.05, 0) is 12.5 Å². The predicted molar refractivity (Wildman–Crippen MR) is 55.5 cm³/mol. The molecule has 0 aliphatic carbocycles. The van der Waals surface area contributed by atoms with E-state index in [1.54, 1.807) is 0 Å². The van der Waals surface area contributed by atoms with Crippen molar-refractivity contribution < 1.29 is 4.79 Å². The maximum atomic E-state index is 10.7. The number of unbranched alkanes of at least 4 members (excludes halogenated alkanes) is 1. The molecule has 0 radical (unpaired) electrons. The summed E-state index contributed by atoms with van der Waals surface area (Å²) in [4.78, 5) is 10.7. The highest BCUT2D eigenvalue weighted by molar-refractivity contribution is 7.81. The summed E-state index contributed by atoms with van der Waals surface area (Å²) in [6.45, 7) is 6.14. The Hall–Kier alpha value is -0.440. The Balaban J connectivity index is 3.36. The quantitative estimate of drug-likeness (QED) is 0.481. The number of hydrogen-bond donors (Lipinski definition) is 2. The second-order valence-electron chi connectivity index (χ2n) is 2.75. The molecule has 0 aromatic carbocycles. The molecule has 0 aliphatic rings. The van der Waals surface area contributed by atoms with Crippen LogP contribution >= 0.6 is 12.6 Å². The monoisotopic (exact) mass is 187 g/mol. The first-order chi connectivity index (χ1) is 5.70. The Morgan fingerprint density at radius 2 is 2.42 bits per heavy atom. The van der Waals surface area contributed by atoms with Crippen LogP contribution in [0.3, 0.4) is 0 Å². The molecule has 0 saturated carbocycles. The van der Waals surface area contributed by atoms with Crippen LogP contribution in [0.5, 0.6) is 0 Å². The second kappa shape index (κ2) is 7.22. The Labute approximate surface area is 79.8 Å². The van der Waals surface area contributed by atoms with E-state index in [1.807, 2.05) is 0 Å². The minimum absolute atomic E-state index is 0.120. The van der Waals surface area contributed by atoms with Crippen LogP contribution in [-0.4, -0.2) is 17.7 Å². The molecule has 1 N–H and O–H groups in total. The van der Waals surface area contributed by atoms with E-state index in [0.29, 0.717) is 6.54 Å². The molecule has 1 unspecified atom stereocenters. The minimum atomic E-state index is -0.120. The fourth-order valence-electron chi connectivity index (χ4n) is 0.832. The molecule has 12 heavy (non-hydrogen) atoms. The van der Waals surface area contributed by atoms with Crippen molar-refractivity contribution >= 4 is 18.5 Å². The molecule has 0 fully saturated rings. The lowest BCUT2D eigenvalue weighted by Crippen LogP contribution is -2.28. The van der Waals surface area contributed by atoms with Gasteiger partial charge in [-0.25, -0.2) is 0 Å². The fourth-order valence-corrected chi connectivity index (χ4v) is 1.11. The smallest absolute Gasteiger partial charge is 0.243 e. The molecule has 0 aromatic rings. The Bertz CT molecular complexity index is 147. The molecular weight excluding hydrogens is 170 g/mol. The third kappa shape index (κ3) is 6.28. The van der Waals surface area contributed by atoms with Gasteiger partial charge in [0.05, 0.1) is 0 Å². The molecule has 0 heterocycles. The van der Waals surface area contributed by atoms with Gasteiger partial charge in [0.1, 0.15) is 0 Å². The van der Waals surface area contributed by atoms with E-state index in [9.17, 15) is 4.79 Å². The highest BCUT2D eigenvalue weighted by Gasteiger charge is 2.02. The van der Waals surface area contributed by atoms with Crippen LogP contribution in [-0.2, 0) is 4.79 Å². The number of carbonyl (C=O) groups excluding carboxylic acids is 1. The summed E-state index contributed by atoms with van der Waals surface area (Å²) < 4.78 is 0. The first kappa shape index (κ1) is 11.6. The Morgan fingerprint density at radius 1 is 1.75 bits per heavy atom. The zero-order valence-corrected chi connectivity index (χ0v) is 8.44. The van der Waals surface area contributed by atoms with Crippen LogP contribution in [0.25, 0.3) is 0 Å². The van der Waals surface area contributed by atoms with Crippen LogP contribution < -0.4 is 5.32 Å². The van der Waals surface area contributed by atoms with Gasteiger partial charge in [0.2, 0.25) is 5.91 Å². The van der Waals surface area contributed by atoms with Gasteiger partial charge in [-0.2, -0.15) is 12.6 Å². The summed E-state index contributed by atoms with van der Waals surface area (Å²) in [6.07, 6.45) is 4.67. The van der Waals surface area contributed by atoms with E-state index in [4.69, 9.17) is 0 Å². The summed E-state index contributed by atoms with van der Waals surface area (Å²) in [6, 6.07) is 0. The summed E-state index contributed by atoms with van der Waals surface area (Å²) in [5.74, 6) is -0.120. The van der Waals surface area contributed by atoms with Gasteiger partial charge in [-0.15, -0.1) is 0 Å². The molecule has 0 spiro atoms.